The fraction of sp³-hybridized carbons (Fsp3) is 0.200. The maximum absolute atomic E-state index is 13.4. The maximum atomic E-state index is 13.4. The van der Waals surface area contributed by atoms with Crippen molar-refractivity contribution in [2.24, 2.45) is 0 Å². The number of hydrogen-bond acceptors (Lipinski definition) is 3. The van der Waals surface area contributed by atoms with Crippen LogP contribution >= 0.6 is 0 Å². The minimum Gasteiger partial charge on any atom is -0.478 e. The molecule has 0 atom stereocenters. The first kappa shape index (κ1) is 11.1. The molecule has 5 heteroatoms. The first-order valence-electron chi connectivity index (χ1n) is 4.18. The summed E-state index contributed by atoms with van der Waals surface area (Å²) in [5.41, 5.74) is -0.566. The molecule has 0 saturated heterocycles. The van der Waals surface area contributed by atoms with Crippen molar-refractivity contribution in [3.05, 3.63) is 29.3 Å². The lowest BCUT2D eigenvalue weighted by Gasteiger charge is -1.97. The largest absolute Gasteiger partial charge is 0.478 e. The molecule has 0 amide bonds. The number of aromatic nitrogens is 1. The molecule has 1 aromatic heterocycles. The van der Waals surface area contributed by atoms with Gasteiger partial charge in [-0.15, -0.1) is 0 Å². The van der Waals surface area contributed by atoms with Crippen molar-refractivity contribution in [2.45, 2.75) is 0 Å². The third-order valence-electron chi connectivity index (χ3n) is 1.59. The highest BCUT2D eigenvalue weighted by Crippen LogP contribution is 2.08. The summed E-state index contributed by atoms with van der Waals surface area (Å²) in [7, 11) is 1.70. The maximum Gasteiger partial charge on any atom is 0.338 e. The fourth-order valence-corrected chi connectivity index (χ4v) is 0.912. The first-order chi connectivity index (χ1) is 7.16. The fourth-order valence-electron chi connectivity index (χ4n) is 0.912. The van der Waals surface area contributed by atoms with Gasteiger partial charge in [0.25, 0.3) is 0 Å². The molecule has 2 N–H and O–H groups in total. The van der Waals surface area contributed by atoms with Crippen molar-refractivity contribution in [2.75, 3.05) is 13.6 Å². The van der Waals surface area contributed by atoms with Gasteiger partial charge in [-0.25, -0.2) is 14.2 Å². The summed E-state index contributed by atoms with van der Waals surface area (Å²) in [5.74, 6) is 2.83. The molecule has 0 saturated carbocycles. The standard InChI is InChI=1S/C10H9FN2O2/c1-12-5-2-3-8-9(11)7(10(14)15)4-6-13-8/h4,6,12H,5H2,1H3,(H,14,15). The van der Waals surface area contributed by atoms with Crippen molar-refractivity contribution < 1.29 is 14.3 Å². The van der Waals surface area contributed by atoms with Crippen molar-refractivity contribution in [1.29, 1.82) is 0 Å². The number of pyridine rings is 1. The van der Waals surface area contributed by atoms with Crippen LogP contribution in [0.5, 0.6) is 0 Å². The summed E-state index contributed by atoms with van der Waals surface area (Å²) < 4.78 is 13.4. The van der Waals surface area contributed by atoms with Crippen LogP contribution in [0.3, 0.4) is 0 Å². The Morgan fingerprint density at radius 2 is 2.47 bits per heavy atom. The second-order valence-corrected chi connectivity index (χ2v) is 2.66. The zero-order valence-corrected chi connectivity index (χ0v) is 8.04. The van der Waals surface area contributed by atoms with E-state index in [-0.39, 0.29) is 5.69 Å². The molecule has 78 valence electrons. The van der Waals surface area contributed by atoms with Gasteiger partial charge in [0.05, 0.1) is 12.1 Å². The quantitative estimate of drug-likeness (QED) is 0.694. The highest BCUT2D eigenvalue weighted by atomic mass is 19.1. The minimum atomic E-state index is -1.33. The van der Waals surface area contributed by atoms with Gasteiger partial charge < -0.3 is 10.4 Å². The highest BCUT2D eigenvalue weighted by Gasteiger charge is 2.13. The second-order valence-electron chi connectivity index (χ2n) is 2.66. The molecule has 0 aromatic carbocycles. The van der Waals surface area contributed by atoms with E-state index in [9.17, 15) is 9.18 Å². The molecule has 0 bridgehead atoms. The number of carboxylic acid groups (broad SMARTS) is 1. The average Bonchev–Trinajstić information content (AvgIpc) is 2.20. The third kappa shape index (κ3) is 2.76. The summed E-state index contributed by atoms with van der Waals surface area (Å²) >= 11 is 0. The van der Waals surface area contributed by atoms with Crippen molar-refractivity contribution in [3.8, 4) is 11.8 Å². The van der Waals surface area contributed by atoms with E-state index in [1.807, 2.05) is 0 Å². The molecule has 4 nitrogen and oxygen atoms in total. The molecule has 0 aliphatic carbocycles. The van der Waals surface area contributed by atoms with Crippen LogP contribution in [-0.2, 0) is 0 Å². The Bertz CT molecular complexity index is 435. The van der Waals surface area contributed by atoms with E-state index in [4.69, 9.17) is 5.11 Å². The van der Waals surface area contributed by atoms with Gasteiger partial charge in [0.15, 0.2) is 5.82 Å². The van der Waals surface area contributed by atoms with Crippen molar-refractivity contribution in [1.82, 2.24) is 10.3 Å². The zero-order chi connectivity index (χ0) is 11.3. The summed E-state index contributed by atoms with van der Waals surface area (Å²) in [6, 6.07) is 1.10. The molecule has 1 aromatic rings. The lowest BCUT2D eigenvalue weighted by atomic mass is 10.2. The van der Waals surface area contributed by atoms with E-state index in [1.165, 1.54) is 6.20 Å². The molecule has 1 rings (SSSR count). The number of rotatable bonds is 2. The van der Waals surface area contributed by atoms with Crippen molar-refractivity contribution >= 4 is 5.97 Å². The number of nitrogens with zero attached hydrogens (tertiary/aromatic N) is 1. The predicted octanol–water partition coefficient (Wildman–Crippen LogP) is 0.490. The number of aromatic carboxylic acids is 1. The molecule has 1 heterocycles. The van der Waals surface area contributed by atoms with Crippen LogP contribution in [0.4, 0.5) is 4.39 Å². The molecule has 0 spiro atoms. The number of halogens is 1. The number of nitrogens with one attached hydrogen (secondary N) is 1. The number of carboxylic acids is 1. The molecular weight excluding hydrogens is 199 g/mol. The average molecular weight is 208 g/mol. The Kier molecular flexibility index (Phi) is 3.77. The monoisotopic (exact) mass is 208 g/mol. The molecule has 15 heavy (non-hydrogen) atoms. The van der Waals surface area contributed by atoms with E-state index in [2.05, 4.69) is 22.1 Å². The second kappa shape index (κ2) is 5.08. The lowest BCUT2D eigenvalue weighted by molar-refractivity contribution is 0.0691. The van der Waals surface area contributed by atoms with Crippen LogP contribution in [-0.4, -0.2) is 29.7 Å². The molecule has 0 aliphatic heterocycles. The topological polar surface area (TPSA) is 62.2 Å². The molecule has 0 unspecified atom stereocenters. The van der Waals surface area contributed by atoms with Crippen molar-refractivity contribution in [3.63, 3.8) is 0 Å². The summed E-state index contributed by atoms with van der Waals surface area (Å²) in [4.78, 5) is 14.2. The van der Waals surface area contributed by atoms with Crippen LogP contribution in [0, 0.1) is 17.7 Å². The van der Waals surface area contributed by atoms with Gasteiger partial charge in [0.2, 0.25) is 0 Å². The smallest absolute Gasteiger partial charge is 0.338 e. The van der Waals surface area contributed by atoms with Crippen LogP contribution in [0.1, 0.15) is 16.1 Å². The van der Waals surface area contributed by atoms with Crippen LogP contribution in [0.2, 0.25) is 0 Å². The van der Waals surface area contributed by atoms with E-state index in [0.717, 1.165) is 6.07 Å². The van der Waals surface area contributed by atoms with E-state index in [1.54, 1.807) is 7.05 Å². The summed E-state index contributed by atoms with van der Waals surface area (Å²) in [6.45, 7) is 0.387. The normalized spacial score (nSPS) is 9.20. The summed E-state index contributed by atoms with van der Waals surface area (Å²) in [6.07, 6.45) is 1.22. The highest BCUT2D eigenvalue weighted by molar-refractivity contribution is 5.88. The van der Waals surface area contributed by atoms with Gasteiger partial charge in [0, 0.05) is 6.20 Å². The molecular formula is C10H9FN2O2. The number of carbonyl (C=O) groups is 1. The first-order valence-corrected chi connectivity index (χ1v) is 4.18. The van der Waals surface area contributed by atoms with E-state index in [0.29, 0.717) is 6.54 Å². The Labute approximate surface area is 86.1 Å². The van der Waals surface area contributed by atoms with Crippen LogP contribution in [0.25, 0.3) is 0 Å². The molecule has 0 radical (unpaired) electrons. The van der Waals surface area contributed by atoms with Gasteiger partial charge in [-0.05, 0) is 19.0 Å². The van der Waals surface area contributed by atoms with Gasteiger partial charge in [-0.2, -0.15) is 0 Å². The van der Waals surface area contributed by atoms with Gasteiger partial charge >= 0.3 is 5.97 Å². The van der Waals surface area contributed by atoms with Gasteiger partial charge in [-0.3, -0.25) is 0 Å². The molecule has 0 fully saturated rings. The Hall–Kier alpha value is -1.93. The summed E-state index contributed by atoms with van der Waals surface area (Å²) in [5, 5.41) is 11.4. The van der Waals surface area contributed by atoms with Gasteiger partial charge in [0.1, 0.15) is 5.69 Å². The minimum absolute atomic E-state index is 0.148. The predicted molar refractivity (Wildman–Crippen MR) is 52.0 cm³/mol. The molecule has 0 aliphatic rings. The Balaban J connectivity index is 3.06. The van der Waals surface area contributed by atoms with Crippen LogP contribution in [0.15, 0.2) is 12.3 Å². The van der Waals surface area contributed by atoms with E-state index < -0.39 is 17.3 Å². The number of hydrogen-bond donors (Lipinski definition) is 2. The SMILES string of the molecule is CNCC#Cc1nccc(C(=O)O)c1F. The lowest BCUT2D eigenvalue weighted by Crippen LogP contribution is -2.06. The van der Waals surface area contributed by atoms with Crippen LogP contribution < -0.4 is 5.32 Å². The van der Waals surface area contributed by atoms with E-state index >= 15 is 0 Å². The Morgan fingerprint density at radius 3 is 3.07 bits per heavy atom. The Morgan fingerprint density at radius 1 is 1.73 bits per heavy atom. The van der Waals surface area contributed by atoms with Gasteiger partial charge in [-0.1, -0.05) is 5.92 Å². The zero-order valence-electron chi connectivity index (χ0n) is 8.04. The third-order valence-corrected chi connectivity index (χ3v) is 1.59.